The number of benzene rings is 1. The van der Waals surface area contributed by atoms with Crippen LogP contribution in [0.1, 0.15) is 24.3 Å². The van der Waals surface area contributed by atoms with E-state index in [1.165, 1.54) is 41.2 Å². The zero-order valence-corrected chi connectivity index (χ0v) is 7.83. The van der Waals surface area contributed by atoms with Crippen molar-refractivity contribution < 1.29 is 4.39 Å². The standard InChI is InChI=1S/C11H8FS/c12-8-3-4-9-10(7-1-2-7)6-13-11(9)5-8/h3-5,7H,1-2H2. The first-order valence-corrected chi connectivity index (χ1v) is 5.26. The van der Waals surface area contributed by atoms with E-state index < -0.39 is 0 Å². The Balaban J connectivity index is 2.26. The van der Waals surface area contributed by atoms with Crippen LogP contribution in [0.3, 0.4) is 0 Å². The lowest BCUT2D eigenvalue weighted by molar-refractivity contribution is 0.630. The maximum atomic E-state index is 12.9. The predicted molar refractivity (Wildman–Crippen MR) is 52.6 cm³/mol. The molecule has 65 valence electrons. The fourth-order valence-electron chi connectivity index (χ4n) is 1.64. The molecule has 0 N–H and O–H groups in total. The van der Waals surface area contributed by atoms with Gasteiger partial charge in [0, 0.05) is 10.1 Å². The molecule has 0 spiro atoms. The molecule has 0 unspecified atom stereocenters. The number of thiophene rings is 1. The third-order valence-corrected chi connectivity index (χ3v) is 3.37. The van der Waals surface area contributed by atoms with Gasteiger partial charge in [0.1, 0.15) is 5.82 Å². The predicted octanol–water partition coefficient (Wildman–Crippen LogP) is 3.72. The third kappa shape index (κ3) is 1.17. The highest BCUT2D eigenvalue weighted by Crippen LogP contribution is 2.44. The zero-order chi connectivity index (χ0) is 8.84. The van der Waals surface area contributed by atoms with Crippen molar-refractivity contribution in [3.8, 4) is 0 Å². The molecule has 1 fully saturated rings. The lowest BCUT2D eigenvalue weighted by Gasteiger charge is -1.94. The van der Waals surface area contributed by atoms with Crippen molar-refractivity contribution in [3.05, 3.63) is 35.0 Å². The Morgan fingerprint density at radius 1 is 1.38 bits per heavy atom. The summed E-state index contributed by atoms with van der Waals surface area (Å²) in [5.74, 6) is 0.560. The highest BCUT2D eigenvalue weighted by Gasteiger charge is 2.26. The van der Waals surface area contributed by atoms with E-state index in [4.69, 9.17) is 0 Å². The largest absolute Gasteiger partial charge is 0.207 e. The Kier molecular flexibility index (Phi) is 1.47. The number of hydrogen-bond donors (Lipinski definition) is 0. The Bertz CT molecular complexity index is 454. The molecule has 1 aliphatic rings. The second-order valence-electron chi connectivity index (χ2n) is 3.53. The Hall–Kier alpha value is -0.890. The van der Waals surface area contributed by atoms with Gasteiger partial charge in [-0.15, -0.1) is 11.3 Å². The molecule has 1 saturated carbocycles. The van der Waals surface area contributed by atoms with E-state index in [1.54, 1.807) is 6.07 Å². The maximum Gasteiger partial charge on any atom is 0.124 e. The van der Waals surface area contributed by atoms with E-state index in [9.17, 15) is 4.39 Å². The average molecular weight is 191 g/mol. The summed E-state index contributed by atoms with van der Waals surface area (Å²) < 4.78 is 13.9. The van der Waals surface area contributed by atoms with Gasteiger partial charge in [0.05, 0.1) is 0 Å². The quantitative estimate of drug-likeness (QED) is 0.644. The molecule has 0 bridgehead atoms. The van der Waals surface area contributed by atoms with Crippen LogP contribution in [0.25, 0.3) is 10.1 Å². The topological polar surface area (TPSA) is 0 Å². The van der Waals surface area contributed by atoms with Crippen LogP contribution in [0.4, 0.5) is 4.39 Å². The first-order chi connectivity index (χ1) is 6.34. The van der Waals surface area contributed by atoms with Crippen LogP contribution in [0, 0.1) is 11.2 Å². The van der Waals surface area contributed by atoms with Crippen molar-refractivity contribution in [2.45, 2.75) is 18.8 Å². The van der Waals surface area contributed by atoms with E-state index >= 15 is 0 Å². The van der Waals surface area contributed by atoms with Crippen LogP contribution in [0.15, 0.2) is 18.2 Å². The van der Waals surface area contributed by atoms with E-state index in [-0.39, 0.29) is 5.82 Å². The van der Waals surface area contributed by atoms with Crippen LogP contribution in [-0.4, -0.2) is 0 Å². The molecule has 1 aromatic carbocycles. The molecule has 1 heterocycles. The van der Waals surface area contributed by atoms with Gasteiger partial charge < -0.3 is 0 Å². The molecule has 0 saturated heterocycles. The molecule has 0 aliphatic heterocycles. The van der Waals surface area contributed by atoms with Crippen molar-refractivity contribution >= 4 is 21.4 Å². The molecular formula is C11H8FS. The Morgan fingerprint density at radius 2 is 2.23 bits per heavy atom. The van der Waals surface area contributed by atoms with Gasteiger partial charge in [0.25, 0.3) is 0 Å². The molecule has 13 heavy (non-hydrogen) atoms. The highest BCUT2D eigenvalue weighted by atomic mass is 32.1. The van der Waals surface area contributed by atoms with E-state index in [2.05, 4.69) is 5.38 Å². The van der Waals surface area contributed by atoms with Crippen molar-refractivity contribution in [2.75, 3.05) is 0 Å². The molecule has 0 atom stereocenters. The molecular weight excluding hydrogens is 183 g/mol. The van der Waals surface area contributed by atoms with Gasteiger partial charge in [-0.05, 0) is 41.8 Å². The molecule has 0 amide bonds. The maximum absolute atomic E-state index is 12.9. The third-order valence-electron chi connectivity index (χ3n) is 2.49. The molecule has 2 aromatic rings. The molecule has 1 aliphatic carbocycles. The first kappa shape index (κ1) is 7.51. The van der Waals surface area contributed by atoms with Crippen LogP contribution in [0.2, 0.25) is 0 Å². The van der Waals surface area contributed by atoms with Crippen molar-refractivity contribution in [1.29, 1.82) is 0 Å². The summed E-state index contributed by atoms with van der Waals surface area (Å²) >= 11 is 1.53. The Labute approximate surface area is 80.0 Å². The summed E-state index contributed by atoms with van der Waals surface area (Å²) in [5, 5.41) is 4.48. The van der Waals surface area contributed by atoms with E-state index in [0.29, 0.717) is 5.92 Å². The van der Waals surface area contributed by atoms with Crippen molar-refractivity contribution in [3.63, 3.8) is 0 Å². The molecule has 3 rings (SSSR count). The molecule has 2 heteroatoms. The summed E-state index contributed by atoms with van der Waals surface area (Å²) in [6.07, 6.45) is 2.55. The van der Waals surface area contributed by atoms with Crippen molar-refractivity contribution in [1.82, 2.24) is 0 Å². The fourth-order valence-corrected chi connectivity index (χ4v) is 2.60. The summed E-state index contributed by atoms with van der Waals surface area (Å²) in [6.45, 7) is 0. The van der Waals surface area contributed by atoms with Crippen LogP contribution in [0.5, 0.6) is 0 Å². The second kappa shape index (κ2) is 2.55. The van der Waals surface area contributed by atoms with E-state index in [0.717, 1.165) is 4.70 Å². The van der Waals surface area contributed by atoms with Gasteiger partial charge >= 0.3 is 0 Å². The highest BCUT2D eigenvalue weighted by molar-refractivity contribution is 7.16. The van der Waals surface area contributed by atoms with Gasteiger partial charge in [-0.25, -0.2) is 4.39 Å². The summed E-state index contributed by atoms with van der Waals surface area (Å²) in [5.41, 5.74) is 1.31. The fraction of sp³-hybridized carbons (Fsp3) is 0.273. The normalized spacial score (nSPS) is 16.7. The first-order valence-electron chi connectivity index (χ1n) is 4.44. The molecule has 1 aromatic heterocycles. The smallest absolute Gasteiger partial charge is 0.124 e. The van der Waals surface area contributed by atoms with Crippen LogP contribution in [-0.2, 0) is 0 Å². The summed E-state index contributed by atoms with van der Waals surface area (Å²) in [4.78, 5) is 0. The minimum Gasteiger partial charge on any atom is -0.207 e. The number of halogens is 1. The number of fused-ring (bicyclic) bond motifs is 1. The summed E-state index contributed by atoms with van der Waals surface area (Å²) in [7, 11) is 0. The molecule has 1 radical (unpaired) electrons. The minimum atomic E-state index is -0.148. The zero-order valence-electron chi connectivity index (χ0n) is 7.01. The summed E-state index contributed by atoms with van der Waals surface area (Å²) in [6, 6.07) is 5.02. The lowest BCUT2D eigenvalue weighted by Crippen LogP contribution is -1.76. The van der Waals surface area contributed by atoms with Gasteiger partial charge in [0.2, 0.25) is 0 Å². The van der Waals surface area contributed by atoms with Crippen molar-refractivity contribution in [2.24, 2.45) is 0 Å². The van der Waals surface area contributed by atoms with Gasteiger partial charge in [-0.1, -0.05) is 6.07 Å². The van der Waals surface area contributed by atoms with Crippen LogP contribution >= 0.6 is 11.3 Å². The van der Waals surface area contributed by atoms with Gasteiger partial charge in [-0.3, -0.25) is 0 Å². The lowest BCUT2D eigenvalue weighted by atomic mass is 10.1. The number of hydrogen-bond acceptors (Lipinski definition) is 1. The number of rotatable bonds is 1. The molecule has 0 nitrogen and oxygen atoms in total. The van der Waals surface area contributed by atoms with Crippen LogP contribution < -0.4 is 0 Å². The van der Waals surface area contributed by atoms with Gasteiger partial charge in [-0.2, -0.15) is 0 Å². The second-order valence-corrected chi connectivity index (χ2v) is 4.38. The monoisotopic (exact) mass is 191 g/mol. The minimum absolute atomic E-state index is 0.148. The SMILES string of the molecule is Fc1ccc2c(C3CC3)[c]sc2c1. The van der Waals surface area contributed by atoms with Gasteiger partial charge in [0.15, 0.2) is 0 Å². The van der Waals surface area contributed by atoms with E-state index in [1.807, 2.05) is 6.07 Å². The average Bonchev–Trinajstić information content (AvgIpc) is 2.87. The Morgan fingerprint density at radius 3 is 3.00 bits per heavy atom.